The molecule has 140 valence electrons. The highest BCUT2D eigenvalue weighted by Crippen LogP contribution is 2.20. The zero-order valence-electron chi connectivity index (χ0n) is 15.8. The summed E-state index contributed by atoms with van der Waals surface area (Å²) in [7, 11) is 0. The van der Waals surface area contributed by atoms with E-state index in [4.69, 9.17) is 5.11 Å². The first-order valence-electron chi connectivity index (χ1n) is 10.4. The van der Waals surface area contributed by atoms with Crippen LogP contribution in [0, 0.1) is 0 Å². The van der Waals surface area contributed by atoms with Crippen LogP contribution in [0.3, 0.4) is 0 Å². The predicted molar refractivity (Wildman–Crippen MR) is 102 cm³/mol. The molecule has 0 unspecified atom stereocenters. The quantitative estimate of drug-likeness (QED) is 0.297. The number of hydrogen-bond donors (Lipinski definition) is 2. The number of allylic oxidation sites excluding steroid dienone is 2. The molecule has 1 aliphatic rings. The third-order valence-corrected chi connectivity index (χ3v) is 4.77. The van der Waals surface area contributed by atoms with Gasteiger partial charge >= 0.3 is 0 Å². The fourth-order valence-corrected chi connectivity index (χ4v) is 2.97. The van der Waals surface area contributed by atoms with Gasteiger partial charge in [0.2, 0.25) is 5.91 Å². The molecule has 1 amide bonds. The molecule has 24 heavy (non-hydrogen) atoms. The summed E-state index contributed by atoms with van der Waals surface area (Å²) in [6, 6.07) is 0.0422. The Morgan fingerprint density at radius 1 is 0.917 bits per heavy atom. The highest BCUT2D eigenvalue weighted by atomic mass is 16.3. The van der Waals surface area contributed by atoms with Crippen molar-refractivity contribution in [3.63, 3.8) is 0 Å². The first-order valence-corrected chi connectivity index (χ1v) is 10.4. The third-order valence-electron chi connectivity index (χ3n) is 4.77. The Morgan fingerprint density at radius 2 is 1.42 bits per heavy atom. The summed E-state index contributed by atoms with van der Waals surface area (Å²) < 4.78 is 0. The lowest BCUT2D eigenvalue weighted by atomic mass is 10.1. The van der Waals surface area contributed by atoms with Gasteiger partial charge in [-0.05, 0) is 38.5 Å². The molecule has 0 aromatic heterocycles. The number of rotatable bonds is 16. The van der Waals surface area contributed by atoms with E-state index in [0.717, 1.165) is 19.3 Å². The van der Waals surface area contributed by atoms with Crippen LogP contribution in [-0.4, -0.2) is 23.2 Å². The maximum Gasteiger partial charge on any atom is 0.220 e. The summed E-state index contributed by atoms with van der Waals surface area (Å²) in [5.41, 5.74) is 0. The van der Waals surface area contributed by atoms with E-state index in [-0.39, 0.29) is 18.1 Å². The Morgan fingerprint density at radius 3 is 1.96 bits per heavy atom. The summed E-state index contributed by atoms with van der Waals surface area (Å²) in [6.07, 6.45) is 22.4. The lowest BCUT2D eigenvalue weighted by Crippen LogP contribution is -2.27. The molecule has 2 N–H and O–H groups in total. The molecule has 0 spiro atoms. The summed E-state index contributed by atoms with van der Waals surface area (Å²) in [6.45, 7) is 2.26. The van der Waals surface area contributed by atoms with Gasteiger partial charge in [-0.15, -0.1) is 0 Å². The number of carbonyl (C=O) groups excluding carboxylic acids is 1. The number of carbonyl (C=O) groups is 1. The van der Waals surface area contributed by atoms with E-state index in [9.17, 15) is 4.79 Å². The van der Waals surface area contributed by atoms with Gasteiger partial charge in [0.15, 0.2) is 0 Å². The average molecular weight is 338 g/mol. The Kier molecular flexibility index (Phi) is 12.8. The maximum atomic E-state index is 11.5. The topological polar surface area (TPSA) is 49.3 Å². The monoisotopic (exact) mass is 337 g/mol. The Labute approximate surface area is 149 Å². The van der Waals surface area contributed by atoms with Gasteiger partial charge < -0.3 is 10.4 Å². The molecular formula is C21H39NO2. The number of aliphatic hydroxyl groups excluding tert-OH is 1. The Bertz CT molecular complexity index is 341. The molecule has 3 heteroatoms. The van der Waals surface area contributed by atoms with Gasteiger partial charge in [-0.25, -0.2) is 0 Å². The lowest BCUT2D eigenvalue weighted by Gasteiger charge is -2.03. The summed E-state index contributed by atoms with van der Waals surface area (Å²) in [5, 5.41) is 12.0. The molecule has 0 aliphatic heterocycles. The molecule has 0 aromatic carbocycles. The second kappa shape index (κ2) is 14.5. The van der Waals surface area contributed by atoms with Crippen molar-refractivity contribution in [1.29, 1.82) is 0 Å². The van der Waals surface area contributed by atoms with Gasteiger partial charge in [0.05, 0.1) is 12.1 Å². The minimum absolute atomic E-state index is 0.0422. The Balaban J connectivity index is 1.74. The van der Waals surface area contributed by atoms with Crippen molar-refractivity contribution in [3.05, 3.63) is 12.2 Å². The largest absolute Gasteiger partial charge is 0.391 e. The van der Waals surface area contributed by atoms with E-state index in [0.29, 0.717) is 6.42 Å². The molecule has 1 saturated carbocycles. The first-order chi connectivity index (χ1) is 11.7. The smallest absolute Gasteiger partial charge is 0.220 e. The van der Waals surface area contributed by atoms with Crippen molar-refractivity contribution < 1.29 is 9.90 Å². The molecule has 0 aromatic rings. The second-order valence-corrected chi connectivity index (χ2v) is 7.31. The van der Waals surface area contributed by atoms with Crippen LogP contribution in [0.5, 0.6) is 0 Å². The Hall–Kier alpha value is -0.830. The normalized spacial score (nSPS) is 19.8. The van der Waals surface area contributed by atoms with Crippen molar-refractivity contribution >= 4 is 5.91 Å². The van der Waals surface area contributed by atoms with Crippen LogP contribution >= 0.6 is 0 Å². The first kappa shape index (κ1) is 21.2. The maximum absolute atomic E-state index is 11.5. The molecule has 3 nitrogen and oxygen atoms in total. The number of hydrogen-bond acceptors (Lipinski definition) is 2. The van der Waals surface area contributed by atoms with Crippen molar-refractivity contribution in [3.8, 4) is 0 Å². The van der Waals surface area contributed by atoms with E-state index in [1.54, 1.807) is 0 Å². The van der Waals surface area contributed by atoms with E-state index < -0.39 is 0 Å². The zero-order chi connectivity index (χ0) is 17.5. The van der Waals surface area contributed by atoms with Crippen LogP contribution in [0.2, 0.25) is 0 Å². The van der Waals surface area contributed by atoms with Gasteiger partial charge in [-0.3, -0.25) is 4.79 Å². The number of unbranched alkanes of at least 4 members (excludes halogenated alkanes) is 11. The van der Waals surface area contributed by atoms with Crippen molar-refractivity contribution in [2.45, 2.75) is 115 Å². The fourth-order valence-electron chi connectivity index (χ4n) is 2.97. The molecular weight excluding hydrogens is 298 g/mol. The van der Waals surface area contributed by atoms with Gasteiger partial charge in [-0.2, -0.15) is 0 Å². The number of amides is 1. The van der Waals surface area contributed by atoms with E-state index in [1.807, 2.05) is 0 Å². The van der Waals surface area contributed by atoms with Crippen LogP contribution < -0.4 is 5.32 Å². The highest BCUT2D eigenvalue weighted by Gasteiger charge is 2.36. The molecule has 1 aliphatic carbocycles. The number of aliphatic hydroxyl groups is 1. The van der Waals surface area contributed by atoms with Crippen LogP contribution in [-0.2, 0) is 4.79 Å². The van der Waals surface area contributed by atoms with Crippen molar-refractivity contribution in [2.24, 2.45) is 0 Å². The summed E-state index contributed by atoms with van der Waals surface area (Å²) >= 11 is 0. The van der Waals surface area contributed by atoms with E-state index in [1.165, 1.54) is 70.6 Å². The number of nitrogens with one attached hydrogen (secondary N) is 1. The molecule has 1 fully saturated rings. The molecule has 0 saturated heterocycles. The zero-order valence-corrected chi connectivity index (χ0v) is 15.8. The molecule has 2 atom stereocenters. The fraction of sp³-hybridized carbons (Fsp3) is 0.857. The molecule has 0 radical (unpaired) electrons. The van der Waals surface area contributed by atoms with Crippen molar-refractivity contribution in [2.75, 3.05) is 0 Å². The van der Waals surface area contributed by atoms with Crippen LogP contribution in [0.15, 0.2) is 12.2 Å². The average Bonchev–Trinajstić information content (AvgIpc) is 3.25. The van der Waals surface area contributed by atoms with Crippen LogP contribution in [0.1, 0.15) is 103 Å². The van der Waals surface area contributed by atoms with Gasteiger partial charge in [-0.1, -0.05) is 70.4 Å². The van der Waals surface area contributed by atoms with Crippen LogP contribution in [0.25, 0.3) is 0 Å². The summed E-state index contributed by atoms with van der Waals surface area (Å²) in [4.78, 5) is 11.5. The van der Waals surface area contributed by atoms with E-state index in [2.05, 4.69) is 24.4 Å². The van der Waals surface area contributed by atoms with Gasteiger partial charge in [0.1, 0.15) is 0 Å². The van der Waals surface area contributed by atoms with Crippen molar-refractivity contribution in [1.82, 2.24) is 5.32 Å². The second-order valence-electron chi connectivity index (χ2n) is 7.31. The molecule has 0 bridgehead atoms. The molecule has 1 rings (SSSR count). The molecule has 0 heterocycles. The highest BCUT2D eigenvalue weighted by molar-refractivity contribution is 5.76. The minimum atomic E-state index is -0.289. The van der Waals surface area contributed by atoms with Crippen LogP contribution in [0.4, 0.5) is 0 Å². The van der Waals surface area contributed by atoms with Gasteiger partial charge in [0.25, 0.3) is 0 Å². The van der Waals surface area contributed by atoms with Gasteiger partial charge in [0, 0.05) is 6.42 Å². The minimum Gasteiger partial charge on any atom is -0.391 e. The van der Waals surface area contributed by atoms with E-state index >= 15 is 0 Å². The third kappa shape index (κ3) is 12.6. The SMILES string of the molecule is CCCCCCCC/C=C\CCCCCCCC(=O)N[C@@H]1C[C@H]1O. The summed E-state index contributed by atoms with van der Waals surface area (Å²) in [5.74, 6) is 0.106. The lowest BCUT2D eigenvalue weighted by molar-refractivity contribution is -0.121. The standard InChI is InChI=1S/C21H39NO2/c1-2-3-4-5-6-7-8-9-10-11-12-13-14-15-16-17-21(24)22-19-18-20(19)23/h9-10,19-20,23H,2-8,11-18H2,1H3,(H,22,24)/b10-9-/t19-,20-/m1/s1. The predicted octanol–water partition coefficient (Wildman–Crippen LogP) is 5.27.